The first-order valence-electron chi connectivity index (χ1n) is 9.14. The van der Waals surface area contributed by atoms with Crippen LogP contribution in [-0.2, 0) is 4.79 Å². The van der Waals surface area contributed by atoms with Crippen LogP contribution in [0.4, 0.5) is 0 Å². The molecule has 2 amide bonds. The van der Waals surface area contributed by atoms with Crippen molar-refractivity contribution < 1.29 is 9.59 Å². The monoisotopic (exact) mass is 339 g/mol. The zero-order chi connectivity index (χ0) is 18.0. The minimum atomic E-state index is -0.151. The fourth-order valence-electron chi connectivity index (χ4n) is 4.50. The third kappa shape index (κ3) is 3.53. The summed E-state index contributed by atoms with van der Waals surface area (Å²) in [6.45, 7) is 4.26. The van der Waals surface area contributed by atoms with Crippen molar-refractivity contribution in [2.75, 3.05) is 0 Å². The molecule has 2 fully saturated rings. The van der Waals surface area contributed by atoms with Gasteiger partial charge >= 0.3 is 0 Å². The number of nitrogens with one attached hydrogen (secondary N) is 2. The number of hydrogen-bond acceptors (Lipinski definition) is 3. The summed E-state index contributed by atoms with van der Waals surface area (Å²) in [5.74, 6) is 1.01. The van der Waals surface area contributed by atoms with E-state index in [0.29, 0.717) is 23.0 Å². The Bertz CT molecular complexity index is 709. The maximum absolute atomic E-state index is 12.5. The summed E-state index contributed by atoms with van der Waals surface area (Å²) in [5, 5.41) is 15.2. The average molecular weight is 339 g/mol. The van der Waals surface area contributed by atoms with Crippen LogP contribution in [-0.4, -0.2) is 23.9 Å². The molecule has 1 aliphatic heterocycles. The molecular weight excluding hydrogens is 314 g/mol. The molecule has 5 nitrogen and oxygen atoms in total. The van der Waals surface area contributed by atoms with Crippen molar-refractivity contribution in [3.05, 3.63) is 35.4 Å². The summed E-state index contributed by atoms with van der Waals surface area (Å²) < 4.78 is 0. The zero-order valence-corrected chi connectivity index (χ0v) is 14.8. The molecule has 2 N–H and O–H groups in total. The van der Waals surface area contributed by atoms with Crippen LogP contribution in [0.25, 0.3) is 0 Å². The Morgan fingerprint density at radius 2 is 2.20 bits per heavy atom. The molecule has 3 rings (SSSR count). The van der Waals surface area contributed by atoms with Gasteiger partial charge in [0.2, 0.25) is 5.91 Å². The quantitative estimate of drug-likeness (QED) is 0.888. The molecule has 1 aromatic rings. The molecule has 132 valence electrons. The summed E-state index contributed by atoms with van der Waals surface area (Å²) in [6, 6.07) is 9.00. The molecule has 0 radical (unpaired) electrons. The van der Waals surface area contributed by atoms with Gasteiger partial charge in [0.25, 0.3) is 5.91 Å². The molecule has 5 unspecified atom stereocenters. The maximum atomic E-state index is 12.5. The topological polar surface area (TPSA) is 82.0 Å². The lowest BCUT2D eigenvalue weighted by Gasteiger charge is -2.46. The summed E-state index contributed by atoms with van der Waals surface area (Å²) in [7, 11) is 0. The first-order chi connectivity index (χ1) is 12.0. The Morgan fingerprint density at radius 3 is 2.92 bits per heavy atom. The number of carbonyl (C=O) groups is 2. The second-order valence-corrected chi connectivity index (χ2v) is 7.33. The lowest BCUT2D eigenvalue weighted by atomic mass is 9.67. The minimum absolute atomic E-state index is 0.0603. The molecule has 5 atom stereocenters. The molecule has 1 saturated carbocycles. The van der Waals surface area contributed by atoms with Crippen LogP contribution in [0.3, 0.4) is 0 Å². The molecule has 2 aliphatic rings. The molecule has 0 spiro atoms. The highest BCUT2D eigenvalue weighted by Gasteiger charge is 2.43. The molecule has 1 aliphatic carbocycles. The summed E-state index contributed by atoms with van der Waals surface area (Å²) in [6.07, 6.45) is 3.61. The van der Waals surface area contributed by atoms with Crippen molar-refractivity contribution in [3.8, 4) is 6.07 Å². The van der Waals surface area contributed by atoms with E-state index in [9.17, 15) is 9.59 Å². The number of fused-ring (bicyclic) bond motifs is 1. The van der Waals surface area contributed by atoms with E-state index in [1.165, 1.54) is 0 Å². The number of nitrogens with zero attached hydrogens (tertiary/aromatic N) is 1. The number of amides is 2. The maximum Gasteiger partial charge on any atom is 0.251 e. The highest BCUT2D eigenvalue weighted by atomic mass is 16.2. The van der Waals surface area contributed by atoms with E-state index in [1.807, 2.05) is 0 Å². The van der Waals surface area contributed by atoms with E-state index < -0.39 is 0 Å². The summed E-state index contributed by atoms with van der Waals surface area (Å²) in [4.78, 5) is 24.7. The number of hydrogen-bond donors (Lipinski definition) is 2. The van der Waals surface area contributed by atoms with E-state index in [-0.39, 0.29) is 29.8 Å². The number of piperidine rings is 1. The molecule has 25 heavy (non-hydrogen) atoms. The Kier molecular flexibility index (Phi) is 5.08. The predicted molar refractivity (Wildman–Crippen MR) is 94.6 cm³/mol. The first kappa shape index (κ1) is 17.5. The van der Waals surface area contributed by atoms with Gasteiger partial charge in [0.15, 0.2) is 0 Å². The van der Waals surface area contributed by atoms with Crippen LogP contribution in [0.15, 0.2) is 24.3 Å². The molecular formula is C20H25N3O2. The van der Waals surface area contributed by atoms with Gasteiger partial charge in [-0.25, -0.2) is 0 Å². The SMILES string of the molecule is CCC1C(=O)NC2CC(NC(=O)c3cccc(C#N)c3)CCC2C1C. The fourth-order valence-corrected chi connectivity index (χ4v) is 4.50. The third-order valence-corrected chi connectivity index (χ3v) is 5.91. The predicted octanol–water partition coefficient (Wildman–Crippen LogP) is 2.62. The van der Waals surface area contributed by atoms with Crippen molar-refractivity contribution >= 4 is 11.8 Å². The Hall–Kier alpha value is -2.35. The molecule has 1 saturated heterocycles. The van der Waals surface area contributed by atoms with Gasteiger partial charge in [-0.1, -0.05) is 19.9 Å². The van der Waals surface area contributed by atoms with Gasteiger partial charge in [-0.2, -0.15) is 5.26 Å². The van der Waals surface area contributed by atoms with Crippen molar-refractivity contribution in [2.45, 2.75) is 51.6 Å². The number of benzene rings is 1. The molecule has 0 bridgehead atoms. The molecule has 1 aromatic carbocycles. The van der Waals surface area contributed by atoms with Crippen LogP contribution in [0.2, 0.25) is 0 Å². The lowest BCUT2D eigenvalue weighted by Crippen LogP contribution is -2.58. The largest absolute Gasteiger partial charge is 0.353 e. The standard InChI is InChI=1S/C20H25N3O2/c1-3-16-12(2)17-8-7-15(10-18(17)23-20(16)25)22-19(24)14-6-4-5-13(9-14)11-21/h4-6,9,12,15-18H,3,7-8,10H2,1-2H3,(H,22,24)(H,23,25). The van der Waals surface area contributed by atoms with E-state index in [0.717, 1.165) is 25.7 Å². The average Bonchev–Trinajstić information content (AvgIpc) is 2.62. The molecule has 0 aromatic heterocycles. The van der Waals surface area contributed by atoms with E-state index in [1.54, 1.807) is 24.3 Å². The lowest BCUT2D eigenvalue weighted by molar-refractivity contribution is -0.133. The Balaban J connectivity index is 1.64. The van der Waals surface area contributed by atoms with Crippen LogP contribution in [0.5, 0.6) is 0 Å². The van der Waals surface area contributed by atoms with Crippen molar-refractivity contribution in [2.24, 2.45) is 17.8 Å². The van der Waals surface area contributed by atoms with Crippen LogP contribution < -0.4 is 10.6 Å². The van der Waals surface area contributed by atoms with Gasteiger partial charge in [-0.3, -0.25) is 9.59 Å². The minimum Gasteiger partial charge on any atom is -0.353 e. The number of nitriles is 1. The van der Waals surface area contributed by atoms with Crippen molar-refractivity contribution in [1.82, 2.24) is 10.6 Å². The fraction of sp³-hybridized carbons (Fsp3) is 0.550. The van der Waals surface area contributed by atoms with Gasteiger partial charge < -0.3 is 10.6 Å². The van der Waals surface area contributed by atoms with E-state index >= 15 is 0 Å². The number of carbonyl (C=O) groups excluding carboxylic acids is 2. The van der Waals surface area contributed by atoms with Crippen LogP contribution >= 0.6 is 0 Å². The van der Waals surface area contributed by atoms with Gasteiger partial charge in [0, 0.05) is 23.6 Å². The highest BCUT2D eigenvalue weighted by Crippen LogP contribution is 2.38. The first-order valence-corrected chi connectivity index (χ1v) is 9.14. The van der Waals surface area contributed by atoms with Gasteiger partial charge in [-0.15, -0.1) is 0 Å². The smallest absolute Gasteiger partial charge is 0.251 e. The molecule has 1 heterocycles. The number of rotatable bonds is 3. The third-order valence-electron chi connectivity index (χ3n) is 5.91. The van der Waals surface area contributed by atoms with Gasteiger partial charge in [0.05, 0.1) is 11.6 Å². The van der Waals surface area contributed by atoms with E-state index in [4.69, 9.17) is 5.26 Å². The zero-order valence-electron chi connectivity index (χ0n) is 14.8. The second kappa shape index (κ2) is 7.26. The van der Waals surface area contributed by atoms with Gasteiger partial charge in [0.1, 0.15) is 0 Å². The van der Waals surface area contributed by atoms with Crippen LogP contribution in [0.1, 0.15) is 55.5 Å². The molecule has 5 heteroatoms. The second-order valence-electron chi connectivity index (χ2n) is 7.33. The van der Waals surface area contributed by atoms with Crippen LogP contribution in [0, 0.1) is 29.1 Å². The summed E-state index contributed by atoms with van der Waals surface area (Å²) >= 11 is 0. The van der Waals surface area contributed by atoms with E-state index in [2.05, 4.69) is 30.6 Å². The van der Waals surface area contributed by atoms with Gasteiger partial charge in [-0.05, 0) is 55.7 Å². The summed E-state index contributed by atoms with van der Waals surface area (Å²) in [5.41, 5.74) is 0.989. The highest BCUT2D eigenvalue weighted by molar-refractivity contribution is 5.94. The Morgan fingerprint density at radius 1 is 1.40 bits per heavy atom. The normalized spacial score (nSPS) is 31.4. The Labute approximate surface area is 148 Å². The van der Waals surface area contributed by atoms with Crippen molar-refractivity contribution in [1.29, 1.82) is 5.26 Å². The van der Waals surface area contributed by atoms with Crippen molar-refractivity contribution in [3.63, 3.8) is 0 Å².